The highest BCUT2D eigenvalue weighted by molar-refractivity contribution is 5.89. The molecule has 0 N–H and O–H groups in total. The zero-order valence-electron chi connectivity index (χ0n) is 7.79. The lowest BCUT2D eigenvalue weighted by atomic mass is 10.1. The molecule has 1 aliphatic rings. The van der Waals surface area contributed by atoms with Crippen LogP contribution in [-0.4, -0.2) is 5.90 Å². The van der Waals surface area contributed by atoms with E-state index >= 15 is 0 Å². The Morgan fingerprint density at radius 3 is 2.85 bits per heavy atom. The van der Waals surface area contributed by atoms with Crippen LogP contribution in [0.2, 0.25) is 0 Å². The molecule has 1 heterocycles. The molecule has 0 fully saturated rings. The molecule has 13 heavy (non-hydrogen) atoms. The number of rotatable bonds is 0. The molecule has 2 nitrogen and oxygen atoms in total. The van der Waals surface area contributed by atoms with Gasteiger partial charge in [-0.05, 0) is 19.1 Å². The van der Waals surface area contributed by atoms with E-state index in [1.807, 2.05) is 32.0 Å². The average molecular weight is 173 g/mol. The molecule has 0 aromatic heterocycles. The number of fused-ring (bicyclic) bond motifs is 1. The van der Waals surface area contributed by atoms with Crippen molar-refractivity contribution in [2.75, 3.05) is 0 Å². The van der Waals surface area contributed by atoms with Crippen molar-refractivity contribution in [1.82, 2.24) is 0 Å². The van der Waals surface area contributed by atoms with Crippen LogP contribution in [-0.2, 0) is 4.74 Å². The molecule has 0 aliphatic carbocycles. The van der Waals surface area contributed by atoms with Gasteiger partial charge in [-0.1, -0.05) is 18.2 Å². The van der Waals surface area contributed by atoms with Gasteiger partial charge in [-0.2, -0.15) is 0 Å². The molecule has 1 aromatic carbocycles. The lowest BCUT2D eigenvalue weighted by Gasteiger charge is -2.16. The minimum absolute atomic E-state index is 0.654. The third-order valence-electron chi connectivity index (χ3n) is 2.00. The number of aryl methyl sites for hydroxylation is 1. The number of nitrogens with zero attached hydrogens (tertiary/aromatic N) is 1. The molecular weight excluding hydrogens is 162 g/mol. The van der Waals surface area contributed by atoms with Crippen LogP contribution in [0.15, 0.2) is 29.8 Å². The van der Waals surface area contributed by atoms with Crippen LogP contribution in [0.1, 0.15) is 18.1 Å². The highest BCUT2D eigenvalue weighted by atomic mass is 16.5. The van der Waals surface area contributed by atoms with Crippen LogP contribution in [0.3, 0.4) is 0 Å². The van der Waals surface area contributed by atoms with Gasteiger partial charge in [-0.25, -0.2) is 4.99 Å². The summed E-state index contributed by atoms with van der Waals surface area (Å²) in [5, 5.41) is 0. The minimum Gasteiger partial charge on any atom is -0.443 e. The van der Waals surface area contributed by atoms with Gasteiger partial charge < -0.3 is 4.74 Å². The van der Waals surface area contributed by atoms with Gasteiger partial charge in [0.15, 0.2) is 5.90 Å². The number of hydrogen-bond donors (Lipinski definition) is 0. The molecule has 0 saturated heterocycles. The van der Waals surface area contributed by atoms with Crippen LogP contribution in [0.5, 0.6) is 0 Å². The van der Waals surface area contributed by atoms with Gasteiger partial charge in [-0.3, -0.25) is 0 Å². The van der Waals surface area contributed by atoms with Crippen LogP contribution in [0.25, 0.3) is 5.76 Å². The summed E-state index contributed by atoms with van der Waals surface area (Å²) in [5.41, 5.74) is 3.13. The Balaban J connectivity index is 2.63. The highest BCUT2D eigenvalue weighted by Crippen LogP contribution is 2.31. The molecule has 0 amide bonds. The molecule has 0 atom stereocenters. The van der Waals surface area contributed by atoms with Crippen molar-refractivity contribution in [3.05, 3.63) is 35.9 Å². The van der Waals surface area contributed by atoms with E-state index in [1.54, 1.807) is 0 Å². The smallest absolute Gasteiger partial charge is 0.192 e. The van der Waals surface area contributed by atoms with Gasteiger partial charge in [0, 0.05) is 12.5 Å². The predicted molar refractivity (Wildman–Crippen MR) is 54.1 cm³/mol. The maximum atomic E-state index is 5.32. The summed E-state index contributed by atoms with van der Waals surface area (Å²) < 4.78 is 5.32. The van der Waals surface area contributed by atoms with Crippen molar-refractivity contribution in [3.8, 4) is 0 Å². The topological polar surface area (TPSA) is 21.6 Å². The third kappa shape index (κ3) is 1.35. The van der Waals surface area contributed by atoms with E-state index in [0.29, 0.717) is 11.7 Å². The number of benzene rings is 1. The first-order chi connectivity index (χ1) is 6.16. The fraction of sp³-hybridized carbons (Fsp3) is 0.182. The van der Waals surface area contributed by atoms with Crippen molar-refractivity contribution >= 4 is 17.3 Å². The van der Waals surface area contributed by atoms with Crippen molar-refractivity contribution in [1.29, 1.82) is 0 Å². The van der Waals surface area contributed by atoms with Gasteiger partial charge in [0.2, 0.25) is 0 Å². The third-order valence-corrected chi connectivity index (χ3v) is 2.00. The molecule has 1 aliphatic heterocycles. The summed E-state index contributed by atoms with van der Waals surface area (Å²) >= 11 is 0. The van der Waals surface area contributed by atoms with Gasteiger partial charge in [0.05, 0.1) is 5.69 Å². The summed E-state index contributed by atoms with van der Waals surface area (Å²) in [6, 6.07) is 6.06. The van der Waals surface area contributed by atoms with Gasteiger partial charge in [0.1, 0.15) is 5.76 Å². The molecule has 0 spiro atoms. The standard InChI is InChI=1S/C11H11NO/c1-7-4-5-11-10(6-7)8(2)13-9(3)12-11/h4-6H,2H2,1,3H3. The molecular formula is C11H11NO. The zero-order valence-corrected chi connectivity index (χ0v) is 7.79. The SMILES string of the molecule is C=C1OC(C)=Nc2ccc(C)cc21. The number of hydrogen-bond acceptors (Lipinski definition) is 2. The zero-order chi connectivity index (χ0) is 9.42. The van der Waals surface area contributed by atoms with Gasteiger partial charge in [0.25, 0.3) is 0 Å². The van der Waals surface area contributed by atoms with E-state index in [9.17, 15) is 0 Å². The second-order valence-electron chi connectivity index (χ2n) is 3.18. The Bertz CT molecular complexity index is 405. The summed E-state index contributed by atoms with van der Waals surface area (Å²) in [7, 11) is 0. The molecule has 0 bridgehead atoms. The Morgan fingerprint density at radius 2 is 2.08 bits per heavy atom. The molecule has 2 rings (SSSR count). The Morgan fingerprint density at radius 1 is 1.31 bits per heavy atom. The average Bonchev–Trinajstić information content (AvgIpc) is 2.06. The van der Waals surface area contributed by atoms with Crippen LogP contribution >= 0.6 is 0 Å². The first kappa shape index (κ1) is 8.05. The molecule has 0 radical (unpaired) electrons. The molecule has 0 unspecified atom stereocenters. The molecule has 0 saturated carbocycles. The first-order valence-corrected chi connectivity index (χ1v) is 4.20. The van der Waals surface area contributed by atoms with E-state index < -0.39 is 0 Å². The van der Waals surface area contributed by atoms with E-state index in [1.165, 1.54) is 5.56 Å². The predicted octanol–water partition coefficient (Wildman–Crippen LogP) is 3.05. The summed E-state index contributed by atoms with van der Waals surface area (Å²) in [4.78, 5) is 4.27. The normalized spacial score (nSPS) is 14.6. The van der Waals surface area contributed by atoms with Crippen molar-refractivity contribution < 1.29 is 4.74 Å². The van der Waals surface area contributed by atoms with Crippen molar-refractivity contribution in [3.63, 3.8) is 0 Å². The van der Waals surface area contributed by atoms with Crippen LogP contribution < -0.4 is 0 Å². The van der Waals surface area contributed by atoms with Gasteiger partial charge >= 0.3 is 0 Å². The fourth-order valence-electron chi connectivity index (χ4n) is 1.40. The van der Waals surface area contributed by atoms with E-state index in [4.69, 9.17) is 4.74 Å². The maximum Gasteiger partial charge on any atom is 0.192 e. The summed E-state index contributed by atoms with van der Waals surface area (Å²) in [6.45, 7) is 7.71. The van der Waals surface area contributed by atoms with Crippen molar-refractivity contribution in [2.24, 2.45) is 4.99 Å². The molecule has 1 aromatic rings. The molecule has 66 valence electrons. The van der Waals surface area contributed by atoms with Crippen molar-refractivity contribution in [2.45, 2.75) is 13.8 Å². The second-order valence-corrected chi connectivity index (χ2v) is 3.18. The summed E-state index contributed by atoms with van der Waals surface area (Å²) in [6.07, 6.45) is 0. The van der Waals surface area contributed by atoms with E-state index in [2.05, 4.69) is 11.6 Å². The minimum atomic E-state index is 0.654. The Labute approximate surface area is 77.6 Å². The largest absolute Gasteiger partial charge is 0.443 e. The van der Waals surface area contributed by atoms with Crippen LogP contribution in [0.4, 0.5) is 5.69 Å². The lowest BCUT2D eigenvalue weighted by Crippen LogP contribution is -2.03. The lowest BCUT2D eigenvalue weighted by molar-refractivity contribution is 0.499. The first-order valence-electron chi connectivity index (χ1n) is 4.20. The van der Waals surface area contributed by atoms with Crippen LogP contribution in [0, 0.1) is 6.92 Å². The highest BCUT2D eigenvalue weighted by Gasteiger charge is 2.13. The molecule has 2 heteroatoms. The number of ether oxygens (including phenoxy) is 1. The fourth-order valence-corrected chi connectivity index (χ4v) is 1.40. The van der Waals surface area contributed by atoms with E-state index in [0.717, 1.165) is 11.3 Å². The van der Waals surface area contributed by atoms with Gasteiger partial charge in [-0.15, -0.1) is 0 Å². The monoisotopic (exact) mass is 173 g/mol. The Kier molecular flexibility index (Phi) is 1.69. The second kappa shape index (κ2) is 2.73. The Hall–Kier alpha value is -1.57. The quantitative estimate of drug-likeness (QED) is 0.591. The van der Waals surface area contributed by atoms with E-state index in [-0.39, 0.29) is 0 Å². The summed E-state index contributed by atoms with van der Waals surface area (Å²) in [5.74, 6) is 1.34. The maximum absolute atomic E-state index is 5.32. The number of aliphatic imine (C=N–C) groups is 1.